The van der Waals surface area contributed by atoms with Crippen molar-refractivity contribution in [1.29, 1.82) is 0 Å². The molecule has 1 aromatic carbocycles. The molecule has 0 aliphatic heterocycles. The number of ether oxygens (including phenoxy) is 1. The molecule has 0 saturated heterocycles. The quantitative estimate of drug-likeness (QED) is 0.810. The van der Waals surface area contributed by atoms with Crippen LogP contribution in [-0.2, 0) is 16.0 Å². The summed E-state index contributed by atoms with van der Waals surface area (Å²) in [6, 6.07) is 8.70. The lowest BCUT2D eigenvalue weighted by Gasteiger charge is -2.14. The summed E-state index contributed by atoms with van der Waals surface area (Å²) in [6.45, 7) is 4.02. The molecule has 1 atom stereocenters. The molecule has 2 rings (SSSR count). The average molecular weight is 233 g/mol. The first kappa shape index (κ1) is 12.1. The molecule has 3 heteroatoms. The number of nitrogens with one attached hydrogen (secondary N) is 1. The van der Waals surface area contributed by atoms with Gasteiger partial charge in [0.25, 0.3) is 0 Å². The minimum Gasteiger partial charge on any atom is -0.462 e. The van der Waals surface area contributed by atoms with E-state index in [0.29, 0.717) is 6.04 Å². The maximum atomic E-state index is 11.4. The maximum Gasteiger partial charge on any atom is 0.320 e. The highest BCUT2D eigenvalue weighted by atomic mass is 16.5. The van der Waals surface area contributed by atoms with Crippen molar-refractivity contribution in [3.8, 4) is 0 Å². The summed E-state index contributed by atoms with van der Waals surface area (Å²) in [5, 5.41) is 3.27. The van der Waals surface area contributed by atoms with Crippen LogP contribution in [0.25, 0.3) is 0 Å². The third kappa shape index (κ3) is 3.07. The third-order valence-electron chi connectivity index (χ3n) is 2.99. The van der Waals surface area contributed by atoms with Crippen LogP contribution in [0.2, 0.25) is 0 Å². The van der Waals surface area contributed by atoms with E-state index in [1.807, 2.05) is 19.9 Å². The topological polar surface area (TPSA) is 38.3 Å². The van der Waals surface area contributed by atoms with Crippen molar-refractivity contribution in [1.82, 2.24) is 5.32 Å². The van der Waals surface area contributed by atoms with Crippen LogP contribution in [0.4, 0.5) is 0 Å². The molecule has 92 valence electrons. The monoisotopic (exact) mass is 233 g/mol. The molecule has 3 nitrogen and oxygen atoms in total. The first-order valence-corrected chi connectivity index (χ1v) is 6.17. The molecule has 0 bridgehead atoms. The third-order valence-corrected chi connectivity index (χ3v) is 2.99. The lowest BCUT2D eigenvalue weighted by molar-refractivity contribution is -0.146. The standard InChI is InChI=1S/C14H19NO2/c1-10(2)17-14(16)9-15-13-8-7-11-5-3-4-6-12(11)13/h3-6,10,13,15H,7-9H2,1-2H3. The Labute approximate surface area is 102 Å². The molecule has 0 fully saturated rings. The molecule has 0 aromatic heterocycles. The van der Waals surface area contributed by atoms with Gasteiger partial charge >= 0.3 is 5.97 Å². The van der Waals surface area contributed by atoms with Crippen LogP contribution in [0.3, 0.4) is 0 Å². The summed E-state index contributed by atoms with van der Waals surface area (Å²) >= 11 is 0. The minimum atomic E-state index is -0.176. The highest BCUT2D eigenvalue weighted by Gasteiger charge is 2.22. The van der Waals surface area contributed by atoms with Gasteiger partial charge in [0.05, 0.1) is 12.6 Å². The molecule has 0 radical (unpaired) electrons. The SMILES string of the molecule is CC(C)OC(=O)CNC1CCc2ccccc21. The van der Waals surface area contributed by atoms with Gasteiger partial charge in [-0.2, -0.15) is 0 Å². The summed E-state index contributed by atoms with van der Waals surface area (Å²) in [5.41, 5.74) is 2.71. The average Bonchev–Trinajstić information content (AvgIpc) is 2.69. The van der Waals surface area contributed by atoms with Gasteiger partial charge in [-0.15, -0.1) is 0 Å². The zero-order valence-corrected chi connectivity index (χ0v) is 10.4. The fourth-order valence-electron chi connectivity index (χ4n) is 2.28. The normalized spacial score (nSPS) is 18.2. The summed E-state index contributed by atoms with van der Waals surface area (Å²) in [6.07, 6.45) is 2.11. The van der Waals surface area contributed by atoms with Gasteiger partial charge in [-0.05, 0) is 37.8 Å². The number of hydrogen-bond acceptors (Lipinski definition) is 3. The van der Waals surface area contributed by atoms with Gasteiger partial charge < -0.3 is 10.1 Å². The van der Waals surface area contributed by atoms with E-state index < -0.39 is 0 Å². The van der Waals surface area contributed by atoms with E-state index in [9.17, 15) is 4.79 Å². The largest absolute Gasteiger partial charge is 0.462 e. The van der Waals surface area contributed by atoms with Crippen molar-refractivity contribution in [3.05, 3.63) is 35.4 Å². The van der Waals surface area contributed by atoms with Crippen molar-refractivity contribution in [2.45, 2.75) is 38.8 Å². The summed E-state index contributed by atoms with van der Waals surface area (Å²) in [5.74, 6) is -0.176. The first-order valence-electron chi connectivity index (χ1n) is 6.17. The Morgan fingerprint density at radius 3 is 3.00 bits per heavy atom. The molecule has 0 saturated carbocycles. The van der Waals surface area contributed by atoms with Crippen molar-refractivity contribution in [3.63, 3.8) is 0 Å². The van der Waals surface area contributed by atoms with Gasteiger partial charge in [-0.1, -0.05) is 24.3 Å². The van der Waals surface area contributed by atoms with Crippen molar-refractivity contribution < 1.29 is 9.53 Å². The highest BCUT2D eigenvalue weighted by molar-refractivity contribution is 5.71. The lowest BCUT2D eigenvalue weighted by Crippen LogP contribution is -2.29. The van der Waals surface area contributed by atoms with E-state index >= 15 is 0 Å². The van der Waals surface area contributed by atoms with Gasteiger partial charge in [-0.3, -0.25) is 4.79 Å². The molecule has 1 aliphatic rings. The molecular weight excluding hydrogens is 214 g/mol. The second-order valence-electron chi connectivity index (χ2n) is 4.71. The summed E-state index contributed by atoms with van der Waals surface area (Å²) in [4.78, 5) is 11.4. The molecule has 0 spiro atoms. The van der Waals surface area contributed by atoms with Gasteiger partial charge in [-0.25, -0.2) is 0 Å². The predicted octanol–water partition coefficient (Wildman–Crippen LogP) is 2.22. The lowest BCUT2D eigenvalue weighted by atomic mass is 10.1. The molecule has 1 aliphatic carbocycles. The van der Waals surface area contributed by atoms with Gasteiger partial charge in [0.2, 0.25) is 0 Å². The number of rotatable bonds is 4. The number of fused-ring (bicyclic) bond motifs is 1. The van der Waals surface area contributed by atoms with Gasteiger partial charge in [0, 0.05) is 6.04 Å². The van der Waals surface area contributed by atoms with E-state index in [2.05, 4.69) is 23.5 Å². The van der Waals surface area contributed by atoms with Crippen LogP contribution >= 0.6 is 0 Å². The van der Waals surface area contributed by atoms with E-state index in [1.54, 1.807) is 0 Å². The highest BCUT2D eigenvalue weighted by Crippen LogP contribution is 2.30. The Balaban J connectivity index is 1.88. The van der Waals surface area contributed by atoms with Crippen LogP contribution in [0.5, 0.6) is 0 Å². The Hall–Kier alpha value is -1.35. The Morgan fingerprint density at radius 2 is 2.24 bits per heavy atom. The Bertz CT molecular complexity index is 401. The van der Waals surface area contributed by atoms with E-state index in [4.69, 9.17) is 4.74 Å². The van der Waals surface area contributed by atoms with Crippen LogP contribution in [0, 0.1) is 0 Å². The zero-order chi connectivity index (χ0) is 12.3. The van der Waals surface area contributed by atoms with Gasteiger partial charge in [0.1, 0.15) is 0 Å². The van der Waals surface area contributed by atoms with Crippen LogP contribution < -0.4 is 5.32 Å². The van der Waals surface area contributed by atoms with E-state index in [0.717, 1.165) is 12.8 Å². The van der Waals surface area contributed by atoms with Gasteiger partial charge in [0.15, 0.2) is 0 Å². The molecule has 0 amide bonds. The molecule has 1 unspecified atom stereocenters. The number of benzene rings is 1. The summed E-state index contributed by atoms with van der Waals surface area (Å²) in [7, 11) is 0. The maximum absolute atomic E-state index is 11.4. The van der Waals surface area contributed by atoms with Crippen LogP contribution in [0.1, 0.15) is 37.4 Å². The molecule has 0 heterocycles. The fourth-order valence-corrected chi connectivity index (χ4v) is 2.28. The number of carbonyl (C=O) groups excluding carboxylic acids is 1. The molecule has 1 aromatic rings. The molecular formula is C14H19NO2. The van der Waals surface area contributed by atoms with Crippen molar-refractivity contribution >= 4 is 5.97 Å². The van der Waals surface area contributed by atoms with Crippen molar-refractivity contribution in [2.24, 2.45) is 0 Å². The number of esters is 1. The first-order chi connectivity index (χ1) is 8.16. The fraction of sp³-hybridized carbons (Fsp3) is 0.500. The van der Waals surface area contributed by atoms with E-state index in [-0.39, 0.29) is 18.6 Å². The second-order valence-corrected chi connectivity index (χ2v) is 4.71. The molecule has 1 N–H and O–H groups in total. The Kier molecular flexibility index (Phi) is 3.79. The smallest absolute Gasteiger partial charge is 0.320 e. The predicted molar refractivity (Wildman–Crippen MR) is 66.7 cm³/mol. The number of carbonyl (C=O) groups is 1. The second kappa shape index (κ2) is 5.32. The van der Waals surface area contributed by atoms with Crippen LogP contribution in [0.15, 0.2) is 24.3 Å². The minimum absolute atomic E-state index is 0.0415. The van der Waals surface area contributed by atoms with Crippen LogP contribution in [-0.4, -0.2) is 18.6 Å². The van der Waals surface area contributed by atoms with Crippen molar-refractivity contribution in [2.75, 3.05) is 6.54 Å². The zero-order valence-electron chi connectivity index (χ0n) is 10.4. The summed E-state index contributed by atoms with van der Waals surface area (Å²) < 4.78 is 5.10. The number of hydrogen-bond donors (Lipinski definition) is 1. The molecule has 17 heavy (non-hydrogen) atoms. The van der Waals surface area contributed by atoms with E-state index in [1.165, 1.54) is 11.1 Å². The number of aryl methyl sites for hydroxylation is 1. The Morgan fingerprint density at radius 1 is 1.47 bits per heavy atom.